The molecule has 140 valence electrons. The van der Waals surface area contributed by atoms with Crippen molar-refractivity contribution in [1.29, 1.82) is 0 Å². The maximum absolute atomic E-state index is 12.4. The summed E-state index contributed by atoms with van der Waals surface area (Å²) in [6, 6.07) is 9.22. The Kier molecular flexibility index (Phi) is 5.00. The van der Waals surface area contributed by atoms with Crippen LogP contribution in [0.4, 0.5) is 0 Å². The monoisotopic (exact) mass is 355 g/mol. The normalized spacial score (nSPS) is 22.5. The van der Waals surface area contributed by atoms with Crippen LogP contribution in [-0.4, -0.2) is 53.1 Å². The van der Waals surface area contributed by atoms with Gasteiger partial charge in [0.2, 0.25) is 0 Å². The Labute approximate surface area is 154 Å². The first kappa shape index (κ1) is 17.6. The van der Waals surface area contributed by atoms with E-state index in [1.165, 1.54) is 25.8 Å². The van der Waals surface area contributed by atoms with Crippen molar-refractivity contribution >= 4 is 10.9 Å². The SMILES string of the molecule is CCOc1ccc2[nH]c(=O)c(CN3CC(N4CCCC[C@@H]4C)C3)cc2c1. The molecular weight excluding hydrogens is 326 g/mol. The largest absolute Gasteiger partial charge is 0.494 e. The van der Waals surface area contributed by atoms with Gasteiger partial charge in [-0.05, 0) is 57.5 Å². The van der Waals surface area contributed by atoms with E-state index in [0.717, 1.165) is 41.9 Å². The number of aromatic amines is 1. The first-order valence-corrected chi connectivity index (χ1v) is 9.91. The van der Waals surface area contributed by atoms with Crippen molar-refractivity contribution < 1.29 is 4.74 Å². The summed E-state index contributed by atoms with van der Waals surface area (Å²) in [5, 5.41) is 1.03. The zero-order chi connectivity index (χ0) is 18.1. The summed E-state index contributed by atoms with van der Waals surface area (Å²) in [5.41, 5.74) is 1.73. The first-order chi connectivity index (χ1) is 12.6. The maximum Gasteiger partial charge on any atom is 0.252 e. The fourth-order valence-electron chi connectivity index (χ4n) is 4.39. The average Bonchev–Trinajstić information content (AvgIpc) is 2.59. The maximum atomic E-state index is 12.4. The topological polar surface area (TPSA) is 48.6 Å². The third kappa shape index (κ3) is 3.51. The molecule has 0 saturated carbocycles. The van der Waals surface area contributed by atoms with E-state index in [9.17, 15) is 4.79 Å². The van der Waals surface area contributed by atoms with Gasteiger partial charge < -0.3 is 9.72 Å². The number of hydrogen-bond acceptors (Lipinski definition) is 4. The van der Waals surface area contributed by atoms with Gasteiger partial charge in [0.25, 0.3) is 5.56 Å². The van der Waals surface area contributed by atoms with Crippen LogP contribution in [-0.2, 0) is 6.54 Å². The number of piperidine rings is 1. The quantitative estimate of drug-likeness (QED) is 0.896. The van der Waals surface area contributed by atoms with Gasteiger partial charge in [0, 0.05) is 48.2 Å². The second kappa shape index (κ2) is 7.41. The smallest absolute Gasteiger partial charge is 0.252 e. The first-order valence-electron chi connectivity index (χ1n) is 9.91. The molecular formula is C21H29N3O2. The molecule has 1 N–H and O–H groups in total. The molecule has 0 bridgehead atoms. The molecule has 0 unspecified atom stereocenters. The molecule has 0 amide bonds. The summed E-state index contributed by atoms with van der Waals surface area (Å²) in [6.45, 7) is 9.07. The van der Waals surface area contributed by atoms with Gasteiger partial charge in [0.15, 0.2) is 0 Å². The van der Waals surface area contributed by atoms with Gasteiger partial charge >= 0.3 is 0 Å². The standard InChI is InChI=1S/C21H29N3O2/c1-3-26-19-7-8-20-16(11-19)10-17(21(25)22-20)12-23-13-18(14-23)24-9-5-4-6-15(24)2/h7-8,10-11,15,18H,3-6,9,12-14H2,1-2H3,(H,22,25)/t15-/m0/s1. The molecule has 2 aliphatic rings. The Morgan fingerprint density at radius 3 is 2.85 bits per heavy atom. The second-order valence-corrected chi connectivity index (χ2v) is 7.74. The van der Waals surface area contributed by atoms with Crippen molar-refractivity contribution in [2.45, 2.75) is 51.7 Å². The molecule has 0 spiro atoms. The van der Waals surface area contributed by atoms with E-state index in [1.54, 1.807) is 0 Å². The lowest BCUT2D eigenvalue weighted by atomic mass is 9.97. The molecule has 1 aromatic carbocycles. The summed E-state index contributed by atoms with van der Waals surface area (Å²) >= 11 is 0. The van der Waals surface area contributed by atoms with E-state index in [1.807, 2.05) is 31.2 Å². The zero-order valence-electron chi connectivity index (χ0n) is 15.8. The summed E-state index contributed by atoms with van der Waals surface area (Å²) in [5.74, 6) is 0.848. The van der Waals surface area contributed by atoms with Crippen LogP contribution in [0.15, 0.2) is 29.1 Å². The predicted molar refractivity (Wildman–Crippen MR) is 105 cm³/mol. The summed E-state index contributed by atoms with van der Waals surface area (Å²) < 4.78 is 5.58. The minimum atomic E-state index is 0.0245. The molecule has 1 aromatic heterocycles. The molecule has 0 radical (unpaired) electrons. The molecule has 4 rings (SSSR count). The van der Waals surface area contributed by atoms with Crippen molar-refractivity contribution in [3.8, 4) is 5.75 Å². The van der Waals surface area contributed by atoms with Crippen LogP contribution in [0.2, 0.25) is 0 Å². The molecule has 3 heterocycles. The second-order valence-electron chi connectivity index (χ2n) is 7.74. The minimum Gasteiger partial charge on any atom is -0.494 e. The Morgan fingerprint density at radius 2 is 2.08 bits per heavy atom. The highest BCUT2D eigenvalue weighted by atomic mass is 16.5. The number of benzene rings is 1. The Balaban J connectivity index is 1.44. The number of nitrogens with zero attached hydrogens (tertiary/aromatic N) is 2. The fourth-order valence-corrected chi connectivity index (χ4v) is 4.39. The van der Waals surface area contributed by atoms with Crippen LogP contribution in [0.25, 0.3) is 10.9 Å². The summed E-state index contributed by atoms with van der Waals surface area (Å²) in [4.78, 5) is 20.5. The Morgan fingerprint density at radius 1 is 1.23 bits per heavy atom. The van der Waals surface area contributed by atoms with Gasteiger partial charge in [-0.15, -0.1) is 0 Å². The molecule has 2 saturated heterocycles. The van der Waals surface area contributed by atoms with Gasteiger partial charge in [-0.1, -0.05) is 6.42 Å². The minimum absolute atomic E-state index is 0.0245. The molecule has 26 heavy (non-hydrogen) atoms. The number of nitrogens with one attached hydrogen (secondary N) is 1. The van der Waals surface area contributed by atoms with Crippen molar-refractivity contribution in [2.24, 2.45) is 0 Å². The fraction of sp³-hybridized carbons (Fsp3) is 0.571. The van der Waals surface area contributed by atoms with Gasteiger partial charge in [-0.25, -0.2) is 0 Å². The van der Waals surface area contributed by atoms with E-state index >= 15 is 0 Å². The lowest BCUT2D eigenvalue weighted by molar-refractivity contribution is -0.00635. The van der Waals surface area contributed by atoms with Gasteiger partial charge in [-0.3, -0.25) is 14.6 Å². The van der Waals surface area contributed by atoms with Crippen molar-refractivity contribution in [3.05, 3.63) is 40.2 Å². The van der Waals surface area contributed by atoms with Gasteiger partial charge in [0.1, 0.15) is 5.75 Å². The number of pyridine rings is 1. The number of H-pyrrole nitrogens is 1. The van der Waals surface area contributed by atoms with E-state index in [4.69, 9.17) is 4.74 Å². The number of aromatic nitrogens is 1. The summed E-state index contributed by atoms with van der Waals surface area (Å²) in [7, 11) is 0. The van der Waals surface area contributed by atoms with Gasteiger partial charge in [0.05, 0.1) is 6.61 Å². The van der Waals surface area contributed by atoms with Crippen molar-refractivity contribution in [1.82, 2.24) is 14.8 Å². The average molecular weight is 355 g/mol. The van der Waals surface area contributed by atoms with Crippen LogP contribution < -0.4 is 10.3 Å². The highest BCUT2D eigenvalue weighted by molar-refractivity contribution is 5.80. The van der Waals surface area contributed by atoms with Crippen molar-refractivity contribution in [2.75, 3.05) is 26.2 Å². The molecule has 0 aliphatic carbocycles. The molecule has 5 nitrogen and oxygen atoms in total. The molecule has 2 fully saturated rings. The van der Waals surface area contributed by atoms with Crippen LogP contribution in [0.5, 0.6) is 5.75 Å². The molecule has 2 aliphatic heterocycles. The lowest BCUT2D eigenvalue weighted by Gasteiger charge is -2.49. The Bertz CT molecular complexity index is 826. The van der Waals surface area contributed by atoms with E-state index in [2.05, 4.69) is 21.7 Å². The van der Waals surface area contributed by atoms with E-state index in [-0.39, 0.29) is 5.56 Å². The number of rotatable bonds is 5. The lowest BCUT2D eigenvalue weighted by Crippen LogP contribution is -2.61. The Hall–Kier alpha value is -1.85. The van der Waals surface area contributed by atoms with Crippen LogP contribution in [0, 0.1) is 0 Å². The van der Waals surface area contributed by atoms with Crippen LogP contribution in [0.3, 0.4) is 0 Å². The van der Waals surface area contributed by atoms with Gasteiger partial charge in [-0.2, -0.15) is 0 Å². The third-order valence-corrected chi connectivity index (χ3v) is 5.86. The van der Waals surface area contributed by atoms with Crippen LogP contribution >= 0.6 is 0 Å². The highest BCUT2D eigenvalue weighted by Crippen LogP contribution is 2.26. The van der Waals surface area contributed by atoms with Crippen LogP contribution in [0.1, 0.15) is 38.7 Å². The zero-order valence-corrected chi connectivity index (χ0v) is 15.8. The molecule has 5 heteroatoms. The summed E-state index contributed by atoms with van der Waals surface area (Å²) in [6.07, 6.45) is 4.01. The number of fused-ring (bicyclic) bond motifs is 1. The number of ether oxygens (including phenoxy) is 1. The predicted octanol–water partition coefficient (Wildman–Crippen LogP) is 2.99. The van der Waals surface area contributed by atoms with Crippen molar-refractivity contribution in [3.63, 3.8) is 0 Å². The third-order valence-electron chi connectivity index (χ3n) is 5.86. The van der Waals surface area contributed by atoms with E-state index in [0.29, 0.717) is 18.7 Å². The number of likely N-dealkylation sites (tertiary alicyclic amines) is 2. The number of hydrogen-bond donors (Lipinski definition) is 1. The molecule has 2 aromatic rings. The van der Waals surface area contributed by atoms with E-state index < -0.39 is 0 Å². The highest BCUT2D eigenvalue weighted by Gasteiger charge is 2.35. The molecule has 1 atom stereocenters.